The molecule has 0 aromatic heterocycles. The second kappa shape index (κ2) is 7.01. The minimum Gasteiger partial charge on any atom is -0.408 e. The summed E-state index contributed by atoms with van der Waals surface area (Å²) in [7, 11) is 1.21. The highest BCUT2D eigenvalue weighted by atomic mass is 19.3. The molecule has 0 aromatic rings. The normalized spacial score (nSPS) is 14.2. The van der Waals surface area contributed by atoms with E-state index >= 15 is 0 Å². The Bertz CT molecular complexity index is 370. The maximum absolute atomic E-state index is 13.0. The summed E-state index contributed by atoms with van der Waals surface area (Å²) >= 11 is 0. The van der Waals surface area contributed by atoms with Gasteiger partial charge in [-0.3, -0.25) is 9.59 Å². The van der Waals surface area contributed by atoms with Gasteiger partial charge < -0.3 is 15.3 Å². The zero-order valence-electron chi connectivity index (χ0n) is 11.2. The zero-order valence-corrected chi connectivity index (χ0v) is 11.2. The van der Waals surface area contributed by atoms with Gasteiger partial charge in [-0.15, -0.1) is 0 Å². The van der Waals surface area contributed by atoms with Crippen LogP contribution in [0.25, 0.3) is 0 Å². The third-order valence-corrected chi connectivity index (χ3v) is 2.70. The number of nitrogens with zero attached hydrogens (tertiary/aromatic N) is 1. The third kappa shape index (κ3) is 4.15. The van der Waals surface area contributed by atoms with E-state index in [9.17, 15) is 18.4 Å². The van der Waals surface area contributed by atoms with Crippen LogP contribution in [-0.2, 0) is 14.3 Å². The maximum Gasteiger partial charge on any atom is 0.312 e. The van der Waals surface area contributed by atoms with Crippen molar-refractivity contribution >= 4 is 17.8 Å². The van der Waals surface area contributed by atoms with E-state index in [0.29, 0.717) is 0 Å². The Morgan fingerprint density at radius 3 is 2.26 bits per heavy atom. The second-order valence-corrected chi connectivity index (χ2v) is 4.38. The molecule has 0 rings (SSSR count). The van der Waals surface area contributed by atoms with Gasteiger partial charge in [0.15, 0.2) is 0 Å². The molecule has 1 atom stereocenters. The SMILES string of the molecule is CCC(=O)O/C(=N\O)C(C)(C)C(C(=O)NC)C(F)F. The van der Waals surface area contributed by atoms with Crippen LogP contribution in [-0.4, -0.2) is 36.5 Å². The number of hydrogen-bond acceptors (Lipinski definition) is 5. The van der Waals surface area contributed by atoms with Crippen molar-refractivity contribution in [1.29, 1.82) is 0 Å². The minimum atomic E-state index is -3.01. The molecule has 0 aromatic carbocycles. The van der Waals surface area contributed by atoms with E-state index in [1.165, 1.54) is 27.8 Å². The molecule has 0 radical (unpaired) electrons. The van der Waals surface area contributed by atoms with Crippen molar-refractivity contribution in [2.45, 2.75) is 33.6 Å². The van der Waals surface area contributed by atoms with Crippen LogP contribution in [0.3, 0.4) is 0 Å². The fraction of sp³-hybridized carbons (Fsp3) is 0.727. The van der Waals surface area contributed by atoms with Gasteiger partial charge in [-0.25, -0.2) is 8.78 Å². The van der Waals surface area contributed by atoms with E-state index in [1.54, 1.807) is 0 Å². The number of halogens is 2. The van der Waals surface area contributed by atoms with Gasteiger partial charge in [-0.1, -0.05) is 25.9 Å². The van der Waals surface area contributed by atoms with Gasteiger partial charge >= 0.3 is 5.97 Å². The summed E-state index contributed by atoms with van der Waals surface area (Å²) in [5.41, 5.74) is -1.64. The molecule has 0 bridgehead atoms. The molecule has 110 valence electrons. The fourth-order valence-corrected chi connectivity index (χ4v) is 1.51. The van der Waals surface area contributed by atoms with Gasteiger partial charge in [0.1, 0.15) is 5.92 Å². The van der Waals surface area contributed by atoms with Gasteiger partial charge in [0.05, 0.1) is 5.41 Å². The molecule has 0 aliphatic rings. The average molecular weight is 280 g/mol. The number of alkyl halides is 2. The standard InChI is InChI=1S/C11H18F2N2O4/c1-5-6(16)19-10(15-18)11(2,3)7(8(12)13)9(17)14-4/h7-8,18H,5H2,1-4H3,(H,14,17)/b15-10-. The molecule has 19 heavy (non-hydrogen) atoms. The van der Waals surface area contributed by atoms with E-state index in [-0.39, 0.29) is 6.42 Å². The third-order valence-electron chi connectivity index (χ3n) is 2.70. The van der Waals surface area contributed by atoms with Gasteiger partial charge in [-0.2, -0.15) is 0 Å². The Morgan fingerprint density at radius 2 is 1.95 bits per heavy atom. The molecule has 0 fully saturated rings. The first-order valence-corrected chi connectivity index (χ1v) is 5.65. The second-order valence-electron chi connectivity index (χ2n) is 4.38. The van der Waals surface area contributed by atoms with Crippen LogP contribution in [0.2, 0.25) is 0 Å². The lowest BCUT2D eigenvalue weighted by molar-refractivity contribution is -0.139. The number of rotatable bonds is 5. The predicted molar refractivity (Wildman–Crippen MR) is 62.9 cm³/mol. The number of nitrogens with one attached hydrogen (secondary N) is 1. The quantitative estimate of drug-likeness (QED) is 0.262. The average Bonchev–Trinajstić information content (AvgIpc) is 2.34. The number of ether oxygens (including phenoxy) is 1. The summed E-state index contributed by atoms with van der Waals surface area (Å²) in [5.74, 6) is -4.11. The Hall–Kier alpha value is -1.73. The van der Waals surface area contributed by atoms with Gasteiger partial charge in [0.2, 0.25) is 11.8 Å². The molecule has 0 aliphatic carbocycles. The van der Waals surface area contributed by atoms with Crippen molar-refractivity contribution in [2.24, 2.45) is 16.5 Å². The number of amides is 1. The molecule has 0 aliphatic heterocycles. The van der Waals surface area contributed by atoms with Crippen molar-refractivity contribution in [1.82, 2.24) is 5.32 Å². The summed E-state index contributed by atoms with van der Waals surface area (Å²) in [6, 6.07) is 0. The fourth-order valence-electron chi connectivity index (χ4n) is 1.51. The summed E-state index contributed by atoms with van der Waals surface area (Å²) in [6.45, 7) is 3.96. The number of carbonyl (C=O) groups is 2. The summed E-state index contributed by atoms with van der Waals surface area (Å²) < 4.78 is 30.7. The molecule has 0 spiro atoms. The zero-order chi connectivity index (χ0) is 15.2. The number of oxime groups is 1. The highest BCUT2D eigenvalue weighted by molar-refractivity contribution is 5.95. The molecule has 1 amide bonds. The topological polar surface area (TPSA) is 88.0 Å². The van der Waals surface area contributed by atoms with E-state index in [2.05, 4.69) is 15.2 Å². The van der Waals surface area contributed by atoms with Crippen LogP contribution < -0.4 is 5.32 Å². The number of hydrogen-bond donors (Lipinski definition) is 2. The Labute approximate surface area is 109 Å². The molecule has 8 heteroatoms. The Morgan fingerprint density at radius 1 is 1.42 bits per heavy atom. The lowest BCUT2D eigenvalue weighted by Gasteiger charge is -2.31. The molecule has 0 saturated carbocycles. The van der Waals surface area contributed by atoms with Crippen molar-refractivity contribution in [2.75, 3.05) is 7.05 Å². The lowest BCUT2D eigenvalue weighted by atomic mass is 9.78. The van der Waals surface area contributed by atoms with Crippen molar-refractivity contribution in [3.8, 4) is 0 Å². The maximum atomic E-state index is 13.0. The first-order valence-electron chi connectivity index (χ1n) is 5.65. The van der Waals surface area contributed by atoms with E-state index < -0.39 is 35.5 Å². The van der Waals surface area contributed by atoms with Crippen molar-refractivity contribution < 1.29 is 28.3 Å². The first kappa shape index (κ1) is 17.3. The number of carbonyl (C=O) groups excluding carboxylic acids is 2. The Kier molecular flexibility index (Phi) is 6.37. The van der Waals surface area contributed by atoms with Crippen LogP contribution in [0, 0.1) is 11.3 Å². The van der Waals surface area contributed by atoms with E-state index in [0.717, 1.165) is 0 Å². The first-order chi connectivity index (χ1) is 8.72. The summed E-state index contributed by atoms with van der Waals surface area (Å²) in [5, 5.41) is 13.7. The highest BCUT2D eigenvalue weighted by Gasteiger charge is 2.47. The van der Waals surface area contributed by atoms with Crippen LogP contribution in [0.5, 0.6) is 0 Å². The molecule has 6 nitrogen and oxygen atoms in total. The monoisotopic (exact) mass is 280 g/mol. The molecular weight excluding hydrogens is 262 g/mol. The van der Waals surface area contributed by atoms with Crippen LogP contribution in [0.15, 0.2) is 5.16 Å². The minimum absolute atomic E-state index is 0.0194. The van der Waals surface area contributed by atoms with Crippen LogP contribution in [0.1, 0.15) is 27.2 Å². The smallest absolute Gasteiger partial charge is 0.312 e. The van der Waals surface area contributed by atoms with Gasteiger partial charge in [0.25, 0.3) is 6.43 Å². The summed E-state index contributed by atoms with van der Waals surface area (Å²) in [4.78, 5) is 22.7. The van der Waals surface area contributed by atoms with Crippen LogP contribution >= 0.6 is 0 Å². The Balaban J connectivity index is 5.38. The predicted octanol–water partition coefficient (Wildman–Crippen LogP) is 1.38. The summed E-state index contributed by atoms with van der Waals surface area (Å²) in [6.07, 6.45) is -3.03. The number of esters is 1. The van der Waals surface area contributed by atoms with E-state index in [1.807, 2.05) is 0 Å². The van der Waals surface area contributed by atoms with Gasteiger partial charge in [0, 0.05) is 13.5 Å². The van der Waals surface area contributed by atoms with Crippen molar-refractivity contribution in [3.63, 3.8) is 0 Å². The highest BCUT2D eigenvalue weighted by Crippen LogP contribution is 2.34. The van der Waals surface area contributed by atoms with Crippen LogP contribution in [0.4, 0.5) is 8.78 Å². The van der Waals surface area contributed by atoms with Crippen molar-refractivity contribution in [3.05, 3.63) is 0 Å². The molecular formula is C11H18F2N2O4. The molecule has 0 heterocycles. The largest absolute Gasteiger partial charge is 0.408 e. The molecule has 1 unspecified atom stereocenters. The van der Waals surface area contributed by atoms with Gasteiger partial charge in [-0.05, 0) is 0 Å². The lowest BCUT2D eigenvalue weighted by Crippen LogP contribution is -2.47. The van der Waals surface area contributed by atoms with E-state index in [4.69, 9.17) is 5.21 Å². The molecule has 2 N–H and O–H groups in total. The molecule has 0 saturated heterocycles.